The Morgan fingerprint density at radius 1 is 1.42 bits per heavy atom. The van der Waals surface area contributed by atoms with Crippen LogP contribution in [0, 0.1) is 5.92 Å². The van der Waals surface area contributed by atoms with Crippen molar-refractivity contribution in [2.24, 2.45) is 11.0 Å². The van der Waals surface area contributed by atoms with E-state index in [-0.39, 0.29) is 0 Å². The topological polar surface area (TPSA) is 60.8 Å². The first kappa shape index (κ1) is 9.36. The molecule has 0 atom stereocenters. The van der Waals surface area contributed by atoms with E-state index in [0.717, 1.165) is 25.4 Å². The van der Waals surface area contributed by atoms with E-state index in [1.807, 2.05) is 0 Å². The van der Waals surface area contributed by atoms with Gasteiger partial charge in [-0.3, -0.25) is 0 Å². The van der Waals surface area contributed by atoms with Crippen molar-refractivity contribution >= 4 is 0 Å². The first-order valence-corrected chi connectivity index (χ1v) is 4.65. The van der Waals surface area contributed by atoms with Gasteiger partial charge in [0.1, 0.15) is 0 Å². The summed E-state index contributed by atoms with van der Waals surface area (Å²) >= 11 is 0. The van der Waals surface area contributed by atoms with E-state index < -0.39 is 0 Å². The highest BCUT2D eigenvalue weighted by molar-refractivity contribution is 4.68. The molecule has 1 N–H and O–H groups in total. The van der Waals surface area contributed by atoms with Crippen molar-refractivity contribution in [2.45, 2.75) is 25.7 Å². The van der Waals surface area contributed by atoms with Crippen LogP contribution in [0.15, 0.2) is 5.11 Å². The molecule has 1 fully saturated rings. The van der Waals surface area contributed by atoms with Gasteiger partial charge in [-0.1, -0.05) is 11.5 Å². The summed E-state index contributed by atoms with van der Waals surface area (Å²) in [5, 5.41) is 6.86. The summed E-state index contributed by atoms with van der Waals surface area (Å²) in [5.74, 6) is 0.861. The molecule has 1 aliphatic heterocycles. The zero-order valence-electron chi connectivity index (χ0n) is 7.37. The Kier molecular flexibility index (Phi) is 4.57. The van der Waals surface area contributed by atoms with Crippen molar-refractivity contribution < 1.29 is 0 Å². The maximum Gasteiger partial charge on any atom is 0.0258 e. The van der Waals surface area contributed by atoms with E-state index in [1.54, 1.807) is 0 Å². The number of piperidine rings is 1. The van der Waals surface area contributed by atoms with Gasteiger partial charge in [0.25, 0.3) is 0 Å². The lowest BCUT2D eigenvalue weighted by atomic mass is 9.93. The molecule has 1 rings (SSSR count). The van der Waals surface area contributed by atoms with E-state index >= 15 is 0 Å². The number of nitrogens with one attached hydrogen (secondary N) is 1. The van der Waals surface area contributed by atoms with Gasteiger partial charge in [-0.15, -0.1) is 0 Å². The lowest BCUT2D eigenvalue weighted by molar-refractivity contribution is 0.348. The van der Waals surface area contributed by atoms with Crippen LogP contribution >= 0.6 is 0 Å². The van der Waals surface area contributed by atoms with Crippen LogP contribution in [0.25, 0.3) is 10.4 Å². The van der Waals surface area contributed by atoms with Crippen LogP contribution in [0.4, 0.5) is 0 Å². The molecule has 4 heteroatoms. The SMILES string of the molecule is [N-]=[N+]=NCCCC1CCNCC1. The van der Waals surface area contributed by atoms with Gasteiger partial charge >= 0.3 is 0 Å². The van der Waals surface area contributed by atoms with E-state index in [0.29, 0.717) is 6.54 Å². The maximum absolute atomic E-state index is 8.05. The summed E-state index contributed by atoms with van der Waals surface area (Å²) in [6.45, 7) is 2.98. The standard InChI is InChI=1S/C8H16N4/c9-12-11-5-1-2-8-3-6-10-7-4-8/h8,10H,1-7H2. The van der Waals surface area contributed by atoms with Crippen LogP contribution in [0.3, 0.4) is 0 Å². The molecule has 0 saturated carbocycles. The van der Waals surface area contributed by atoms with E-state index in [2.05, 4.69) is 15.3 Å². The number of hydrogen-bond donors (Lipinski definition) is 1. The van der Waals surface area contributed by atoms with Gasteiger partial charge in [0.15, 0.2) is 0 Å². The minimum absolute atomic E-state index is 0.667. The maximum atomic E-state index is 8.05. The number of nitrogens with zero attached hydrogens (tertiary/aromatic N) is 3. The lowest BCUT2D eigenvalue weighted by Crippen LogP contribution is -2.27. The highest BCUT2D eigenvalue weighted by Crippen LogP contribution is 2.17. The van der Waals surface area contributed by atoms with Crippen molar-refractivity contribution in [3.05, 3.63) is 10.4 Å². The van der Waals surface area contributed by atoms with Crippen LogP contribution in [0.1, 0.15) is 25.7 Å². The highest BCUT2D eigenvalue weighted by Gasteiger charge is 2.11. The first-order valence-electron chi connectivity index (χ1n) is 4.65. The fourth-order valence-electron chi connectivity index (χ4n) is 1.67. The molecule has 0 spiro atoms. The molecule has 0 aromatic rings. The molecule has 0 aromatic carbocycles. The van der Waals surface area contributed by atoms with Crippen LogP contribution < -0.4 is 5.32 Å². The number of rotatable bonds is 4. The van der Waals surface area contributed by atoms with E-state index in [1.165, 1.54) is 19.3 Å². The predicted octanol–water partition coefficient (Wildman–Crippen LogP) is 2.08. The summed E-state index contributed by atoms with van der Waals surface area (Å²) in [7, 11) is 0. The molecule has 0 aromatic heterocycles. The fraction of sp³-hybridized carbons (Fsp3) is 1.00. The third kappa shape index (κ3) is 3.60. The Hall–Kier alpha value is -0.730. The van der Waals surface area contributed by atoms with Crippen molar-refractivity contribution in [2.75, 3.05) is 19.6 Å². The Morgan fingerprint density at radius 3 is 2.83 bits per heavy atom. The molecular weight excluding hydrogens is 152 g/mol. The Bertz CT molecular complexity index is 156. The summed E-state index contributed by atoms with van der Waals surface area (Å²) < 4.78 is 0. The van der Waals surface area contributed by atoms with Gasteiger partial charge in [0, 0.05) is 11.5 Å². The molecule has 12 heavy (non-hydrogen) atoms. The smallest absolute Gasteiger partial charge is 0.0258 e. The fourth-order valence-corrected chi connectivity index (χ4v) is 1.67. The van der Waals surface area contributed by atoms with Gasteiger partial charge in [0.05, 0.1) is 0 Å². The predicted molar refractivity (Wildman–Crippen MR) is 48.8 cm³/mol. The summed E-state index contributed by atoms with van der Waals surface area (Å²) in [4.78, 5) is 2.73. The minimum atomic E-state index is 0.667. The second-order valence-electron chi connectivity index (χ2n) is 3.29. The van der Waals surface area contributed by atoms with Crippen molar-refractivity contribution in [1.82, 2.24) is 5.32 Å². The molecule has 0 aliphatic carbocycles. The van der Waals surface area contributed by atoms with Crippen LogP contribution in [-0.4, -0.2) is 19.6 Å². The van der Waals surface area contributed by atoms with Crippen LogP contribution in [-0.2, 0) is 0 Å². The molecule has 0 unspecified atom stereocenters. The molecule has 4 nitrogen and oxygen atoms in total. The molecule has 0 bridgehead atoms. The molecule has 0 amide bonds. The Morgan fingerprint density at radius 2 is 2.17 bits per heavy atom. The molecular formula is C8H16N4. The van der Waals surface area contributed by atoms with Crippen molar-refractivity contribution in [1.29, 1.82) is 0 Å². The minimum Gasteiger partial charge on any atom is -0.317 e. The molecule has 68 valence electrons. The van der Waals surface area contributed by atoms with Gasteiger partial charge in [-0.2, -0.15) is 0 Å². The molecule has 1 saturated heterocycles. The average molecular weight is 168 g/mol. The average Bonchev–Trinajstić information content (AvgIpc) is 2.14. The lowest BCUT2D eigenvalue weighted by Gasteiger charge is -2.21. The first-order chi connectivity index (χ1) is 5.93. The van der Waals surface area contributed by atoms with E-state index in [9.17, 15) is 0 Å². The molecule has 0 radical (unpaired) electrons. The highest BCUT2D eigenvalue weighted by atomic mass is 15.1. The summed E-state index contributed by atoms with van der Waals surface area (Å²) in [6, 6.07) is 0. The van der Waals surface area contributed by atoms with Crippen LogP contribution in [0.2, 0.25) is 0 Å². The largest absolute Gasteiger partial charge is 0.317 e. The van der Waals surface area contributed by atoms with Crippen LogP contribution in [0.5, 0.6) is 0 Å². The zero-order valence-corrected chi connectivity index (χ0v) is 7.37. The monoisotopic (exact) mass is 168 g/mol. The van der Waals surface area contributed by atoms with E-state index in [4.69, 9.17) is 5.53 Å². The quantitative estimate of drug-likeness (QED) is 0.297. The Balaban J connectivity index is 2.01. The number of hydrogen-bond acceptors (Lipinski definition) is 2. The summed E-state index contributed by atoms with van der Waals surface area (Å²) in [6.07, 6.45) is 4.85. The Labute approximate surface area is 73.0 Å². The van der Waals surface area contributed by atoms with Gasteiger partial charge in [-0.05, 0) is 43.8 Å². The molecule has 1 aliphatic rings. The second-order valence-corrected chi connectivity index (χ2v) is 3.29. The molecule has 1 heterocycles. The third-order valence-electron chi connectivity index (χ3n) is 2.39. The van der Waals surface area contributed by atoms with Gasteiger partial charge in [-0.25, -0.2) is 0 Å². The zero-order chi connectivity index (χ0) is 8.65. The summed E-state index contributed by atoms with van der Waals surface area (Å²) in [5.41, 5.74) is 8.05. The third-order valence-corrected chi connectivity index (χ3v) is 2.39. The van der Waals surface area contributed by atoms with Gasteiger partial charge in [0.2, 0.25) is 0 Å². The van der Waals surface area contributed by atoms with Crippen molar-refractivity contribution in [3.63, 3.8) is 0 Å². The number of azide groups is 1. The van der Waals surface area contributed by atoms with Gasteiger partial charge < -0.3 is 5.32 Å². The van der Waals surface area contributed by atoms with Crippen molar-refractivity contribution in [3.8, 4) is 0 Å². The normalized spacial score (nSPS) is 18.7. The second kappa shape index (κ2) is 5.86.